The molecule has 0 bridgehead atoms. The van der Waals surface area contributed by atoms with E-state index in [0.29, 0.717) is 18.8 Å². The Hall–Kier alpha value is -3.22. The van der Waals surface area contributed by atoms with Gasteiger partial charge in [0.2, 0.25) is 0 Å². The highest BCUT2D eigenvalue weighted by Crippen LogP contribution is 2.29. The molecule has 0 fully saturated rings. The Balaban J connectivity index is 1.66. The monoisotopic (exact) mass is 349 g/mol. The van der Waals surface area contributed by atoms with Gasteiger partial charge in [0.05, 0.1) is 24.3 Å². The number of aromatic nitrogens is 4. The van der Waals surface area contributed by atoms with Crippen LogP contribution in [0.5, 0.6) is 5.75 Å². The lowest BCUT2D eigenvalue weighted by molar-refractivity contribution is 0.0678. The van der Waals surface area contributed by atoms with Crippen molar-refractivity contribution in [3.8, 4) is 17.1 Å². The van der Waals surface area contributed by atoms with Gasteiger partial charge in [0.25, 0.3) is 5.91 Å². The first-order chi connectivity index (χ1) is 12.5. The molecule has 0 saturated carbocycles. The van der Waals surface area contributed by atoms with Crippen LogP contribution in [0.3, 0.4) is 0 Å². The lowest BCUT2D eigenvalue weighted by Gasteiger charge is -2.32. The molecule has 1 aromatic carbocycles. The highest BCUT2D eigenvalue weighted by Gasteiger charge is 2.31. The molecule has 3 heterocycles. The fourth-order valence-electron chi connectivity index (χ4n) is 3.36. The lowest BCUT2D eigenvalue weighted by Crippen LogP contribution is -2.40. The Morgan fingerprint density at radius 2 is 2.00 bits per heavy atom. The Labute approximate surface area is 150 Å². The highest BCUT2D eigenvalue weighted by molar-refractivity contribution is 5.96. The molecule has 1 N–H and O–H groups in total. The molecule has 7 heteroatoms. The number of aryl methyl sites for hydroxylation is 1. The Kier molecular flexibility index (Phi) is 3.91. The van der Waals surface area contributed by atoms with Gasteiger partial charge in [0, 0.05) is 17.8 Å². The number of rotatable bonds is 2. The number of carbonyl (C=O) groups is 1. The van der Waals surface area contributed by atoms with Crippen LogP contribution in [-0.4, -0.2) is 42.2 Å². The van der Waals surface area contributed by atoms with Crippen LogP contribution in [0.1, 0.15) is 34.8 Å². The fourth-order valence-corrected chi connectivity index (χ4v) is 3.36. The summed E-state index contributed by atoms with van der Waals surface area (Å²) < 4.78 is 2.08. The minimum atomic E-state index is -0.227. The largest absolute Gasteiger partial charge is 0.505 e. The number of nitrogens with zero attached hydrogens (tertiary/aromatic N) is 5. The zero-order chi connectivity index (χ0) is 18.3. The van der Waals surface area contributed by atoms with Crippen LogP contribution in [0.4, 0.5) is 0 Å². The van der Waals surface area contributed by atoms with Gasteiger partial charge < -0.3 is 14.6 Å². The Bertz CT molecular complexity index is 967. The zero-order valence-corrected chi connectivity index (χ0v) is 14.6. The zero-order valence-electron chi connectivity index (χ0n) is 14.6. The van der Waals surface area contributed by atoms with Crippen molar-refractivity contribution in [1.29, 1.82) is 0 Å². The minimum Gasteiger partial charge on any atom is -0.505 e. The lowest BCUT2D eigenvalue weighted by atomic mass is 10.1. The maximum absolute atomic E-state index is 12.9. The van der Waals surface area contributed by atoms with Gasteiger partial charge in [0.1, 0.15) is 5.75 Å². The number of amides is 1. The summed E-state index contributed by atoms with van der Waals surface area (Å²) >= 11 is 0. The predicted octanol–water partition coefficient (Wildman–Crippen LogP) is 2.57. The molecule has 3 aromatic rings. The van der Waals surface area contributed by atoms with E-state index >= 15 is 0 Å². The molecular weight excluding hydrogens is 330 g/mol. The molecule has 0 spiro atoms. The summed E-state index contributed by atoms with van der Waals surface area (Å²) in [7, 11) is 0. The summed E-state index contributed by atoms with van der Waals surface area (Å²) in [5.74, 6) is 1.21. The molecular formula is C19H19N5O2. The van der Waals surface area contributed by atoms with Gasteiger partial charge in [-0.2, -0.15) is 0 Å². The van der Waals surface area contributed by atoms with E-state index in [2.05, 4.69) is 19.7 Å². The second-order valence-electron chi connectivity index (χ2n) is 6.55. The molecule has 4 rings (SSSR count). The molecule has 1 amide bonds. The van der Waals surface area contributed by atoms with E-state index in [9.17, 15) is 9.90 Å². The third kappa shape index (κ3) is 2.71. The van der Waals surface area contributed by atoms with Gasteiger partial charge >= 0.3 is 0 Å². The first-order valence-corrected chi connectivity index (χ1v) is 8.48. The first kappa shape index (κ1) is 16.3. The molecule has 1 aliphatic heterocycles. The molecule has 0 saturated heterocycles. The van der Waals surface area contributed by atoms with Gasteiger partial charge in [0.15, 0.2) is 11.6 Å². The van der Waals surface area contributed by atoms with Crippen molar-refractivity contribution in [3.63, 3.8) is 0 Å². The number of hydrogen-bond acceptors (Lipinski definition) is 5. The van der Waals surface area contributed by atoms with Crippen molar-refractivity contribution < 1.29 is 9.90 Å². The minimum absolute atomic E-state index is 0.0259. The topological polar surface area (TPSA) is 84.1 Å². The predicted molar refractivity (Wildman–Crippen MR) is 95.5 cm³/mol. The summed E-state index contributed by atoms with van der Waals surface area (Å²) in [6.45, 7) is 4.70. The van der Waals surface area contributed by atoms with E-state index in [1.54, 1.807) is 17.9 Å². The average molecular weight is 349 g/mol. The number of benzene rings is 1. The number of carbonyl (C=O) groups excluding carboxylic acids is 1. The number of aromatic hydroxyl groups is 1. The Morgan fingerprint density at radius 3 is 2.77 bits per heavy atom. The van der Waals surface area contributed by atoms with Crippen molar-refractivity contribution in [2.45, 2.75) is 26.4 Å². The molecule has 1 atom stereocenters. The van der Waals surface area contributed by atoms with Crippen LogP contribution in [-0.2, 0) is 6.54 Å². The second-order valence-corrected chi connectivity index (χ2v) is 6.55. The van der Waals surface area contributed by atoms with Crippen LogP contribution in [0.15, 0.2) is 42.6 Å². The molecule has 0 unspecified atom stereocenters. The van der Waals surface area contributed by atoms with Gasteiger partial charge in [-0.05, 0) is 19.9 Å². The summed E-state index contributed by atoms with van der Waals surface area (Å²) in [6.07, 6.45) is 1.31. The van der Waals surface area contributed by atoms with E-state index in [4.69, 9.17) is 0 Å². The second kappa shape index (κ2) is 6.25. The molecule has 0 radical (unpaired) electrons. The van der Waals surface area contributed by atoms with E-state index in [-0.39, 0.29) is 23.3 Å². The quantitative estimate of drug-likeness (QED) is 0.769. The SMILES string of the molecule is Cc1cc(C(=O)N2Cc3nnc(-c4ccccc4)n3[C@@H](C)C2)c(O)cn1. The van der Waals surface area contributed by atoms with E-state index in [1.807, 2.05) is 37.3 Å². The number of fused-ring (bicyclic) bond motifs is 1. The normalized spacial score (nSPS) is 16.4. The van der Waals surface area contributed by atoms with E-state index in [1.165, 1.54) is 6.20 Å². The van der Waals surface area contributed by atoms with Crippen LogP contribution >= 0.6 is 0 Å². The van der Waals surface area contributed by atoms with Gasteiger partial charge in [-0.15, -0.1) is 10.2 Å². The molecule has 2 aromatic heterocycles. The maximum Gasteiger partial charge on any atom is 0.258 e. The highest BCUT2D eigenvalue weighted by atomic mass is 16.3. The third-order valence-electron chi connectivity index (χ3n) is 4.59. The summed E-state index contributed by atoms with van der Waals surface area (Å²) in [4.78, 5) is 18.6. The summed E-state index contributed by atoms with van der Waals surface area (Å²) in [6, 6.07) is 11.5. The standard InChI is InChI=1S/C19H19N5O2/c1-12-8-15(16(25)9-20-12)19(26)23-10-13(2)24-17(11-23)21-22-18(24)14-6-4-3-5-7-14/h3-9,13,25H,10-11H2,1-2H3/t13-/m0/s1. The van der Waals surface area contributed by atoms with Crippen LogP contribution in [0, 0.1) is 6.92 Å². The number of pyridine rings is 1. The fraction of sp³-hybridized carbons (Fsp3) is 0.263. The van der Waals surface area contributed by atoms with Gasteiger partial charge in [-0.25, -0.2) is 0 Å². The third-order valence-corrected chi connectivity index (χ3v) is 4.59. The summed E-state index contributed by atoms with van der Waals surface area (Å²) in [5.41, 5.74) is 1.95. The van der Waals surface area contributed by atoms with E-state index in [0.717, 1.165) is 17.2 Å². The molecule has 132 valence electrons. The van der Waals surface area contributed by atoms with Crippen molar-refractivity contribution in [1.82, 2.24) is 24.6 Å². The van der Waals surface area contributed by atoms with Crippen molar-refractivity contribution in [2.75, 3.05) is 6.54 Å². The molecule has 26 heavy (non-hydrogen) atoms. The maximum atomic E-state index is 12.9. The van der Waals surface area contributed by atoms with Gasteiger partial charge in [-0.3, -0.25) is 9.78 Å². The first-order valence-electron chi connectivity index (χ1n) is 8.48. The Morgan fingerprint density at radius 1 is 1.23 bits per heavy atom. The summed E-state index contributed by atoms with van der Waals surface area (Å²) in [5, 5.41) is 18.6. The molecule has 0 aliphatic carbocycles. The van der Waals surface area contributed by atoms with Crippen molar-refractivity contribution >= 4 is 5.91 Å². The van der Waals surface area contributed by atoms with E-state index < -0.39 is 0 Å². The van der Waals surface area contributed by atoms with Crippen molar-refractivity contribution in [2.24, 2.45) is 0 Å². The molecule has 1 aliphatic rings. The number of hydrogen-bond donors (Lipinski definition) is 1. The smallest absolute Gasteiger partial charge is 0.258 e. The van der Waals surface area contributed by atoms with Gasteiger partial charge in [-0.1, -0.05) is 30.3 Å². The van der Waals surface area contributed by atoms with Crippen LogP contribution in [0.25, 0.3) is 11.4 Å². The van der Waals surface area contributed by atoms with Crippen LogP contribution < -0.4 is 0 Å². The van der Waals surface area contributed by atoms with Crippen LogP contribution in [0.2, 0.25) is 0 Å². The molecule has 7 nitrogen and oxygen atoms in total. The van der Waals surface area contributed by atoms with Crippen molar-refractivity contribution in [3.05, 3.63) is 59.7 Å². The average Bonchev–Trinajstić information content (AvgIpc) is 3.08.